The number of hydrogen-bond acceptors (Lipinski definition) is 3. The third kappa shape index (κ3) is 3.97. The summed E-state index contributed by atoms with van der Waals surface area (Å²) >= 11 is 0. The summed E-state index contributed by atoms with van der Waals surface area (Å²) in [5.41, 5.74) is 6.39. The summed E-state index contributed by atoms with van der Waals surface area (Å²) in [5.74, 6) is 0.717. The van der Waals surface area contributed by atoms with E-state index in [0.717, 1.165) is 12.1 Å². The van der Waals surface area contributed by atoms with Crippen LogP contribution >= 0.6 is 0 Å². The highest BCUT2D eigenvalue weighted by Gasteiger charge is 2.29. The van der Waals surface area contributed by atoms with Gasteiger partial charge in [0.15, 0.2) is 0 Å². The molecule has 0 aliphatic carbocycles. The lowest BCUT2D eigenvalue weighted by Gasteiger charge is -2.07. The van der Waals surface area contributed by atoms with Gasteiger partial charge in [-0.05, 0) is 23.8 Å². The molecule has 7 heteroatoms. The summed E-state index contributed by atoms with van der Waals surface area (Å²) in [5, 5.41) is 0. The predicted octanol–water partition coefficient (Wildman–Crippen LogP) is 3.01. The SMILES string of the molecule is COc1ccc(C(N)=NCc2ccc(C(F)(F)F)cc2)cn1. The maximum atomic E-state index is 12.5. The lowest BCUT2D eigenvalue weighted by molar-refractivity contribution is -0.137. The quantitative estimate of drug-likeness (QED) is 0.697. The topological polar surface area (TPSA) is 60.5 Å². The van der Waals surface area contributed by atoms with Crippen LogP contribution < -0.4 is 10.5 Å². The second-order valence-electron chi connectivity index (χ2n) is 4.49. The average molecular weight is 309 g/mol. The molecule has 1 heterocycles. The fourth-order valence-electron chi connectivity index (χ4n) is 1.72. The van der Waals surface area contributed by atoms with Gasteiger partial charge in [0.1, 0.15) is 5.84 Å². The lowest BCUT2D eigenvalue weighted by atomic mass is 10.1. The summed E-state index contributed by atoms with van der Waals surface area (Å²) < 4.78 is 42.3. The Bertz CT molecular complexity index is 649. The number of methoxy groups -OCH3 is 1. The number of aliphatic imine (C=N–C) groups is 1. The first kappa shape index (κ1) is 15.8. The van der Waals surface area contributed by atoms with Crippen LogP contribution in [0.4, 0.5) is 13.2 Å². The number of aromatic nitrogens is 1. The van der Waals surface area contributed by atoms with Crippen molar-refractivity contribution in [3.8, 4) is 5.88 Å². The Morgan fingerprint density at radius 3 is 2.36 bits per heavy atom. The van der Waals surface area contributed by atoms with Crippen LogP contribution in [0.1, 0.15) is 16.7 Å². The van der Waals surface area contributed by atoms with Crippen LogP contribution in [0.25, 0.3) is 0 Å². The normalized spacial score (nSPS) is 12.3. The van der Waals surface area contributed by atoms with Gasteiger partial charge in [-0.25, -0.2) is 4.98 Å². The highest BCUT2D eigenvalue weighted by molar-refractivity contribution is 5.97. The van der Waals surface area contributed by atoms with Crippen molar-refractivity contribution in [1.82, 2.24) is 4.98 Å². The van der Waals surface area contributed by atoms with Gasteiger partial charge in [0.25, 0.3) is 0 Å². The molecule has 0 spiro atoms. The average Bonchev–Trinajstić information content (AvgIpc) is 2.52. The van der Waals surface area contributed by atoms with Crippen LogP contribution in [0.15, 0.2) is 47.6 Å². The van der Waals surface area contributed by atoms with Crippen LogP contribution in [0, 0.1) is 0 Å². The van der Waals surface area contributed by atoms with E-state index < -0.39 is 11.7 Å². The highest BCUT2D eigenvalue weighted by Crippen LogP contribution is 2.29. The summed E-state index contributed by atoms with van der Waals surface area (Å²) in [4.78, 5) is 8.15. The predicted molar refractivity (Wildman–Crippen MR) is 76.7 cm³/mol. The third-order valence-electron chi connectivity index (χ3n) is 2.95. The van der Waals surface area contributed by atoms with Gasteiger partial charge in [0.2, 0.25) is 5.88 Å². The number of ether oxygens (including phenoxy) is 1. The Morgan fingerprint density at radius 2 is 1.86 bits per heavy atom. The van der Waals surface area contributed by atoms with E-state index in [1.165, 1.54) is 25.4 Å². The summed E-state index contributed by atoms with van der Waals surface area (Å²) in [7, 11) is 1.50. The Hall–Kier alpha value is -2.57. The molecule has 0 amide bonds. The summed E-state index contributed by atoms with van der Waals surface area (Å²) in [6, 6.07) is 8.16. The Morgan fingerprint density at radius 1 is 1.18 bits per heavy atom. The standard InChI is InChI=1S/C15H14F3N3O/c1-22-13-7-4-11(9-20-13)14(19)21-8-10-2-5-12(6-3-10)15(16,17)18/h2-7,9H,8H2,1H3,(H2,19,21). The molecular weight excluding hydrogens is 295 g/mol. The first-order chi connectivity index (χ1) is 10.4. The minimum Gasteiger partial charge on any atom is -0.481 e. The van der Waals surface area contributed by atoms with Crippen molar-refractivity contribution in [1.29, 1.82) is 0 Å². The number of benzene rings is 1. The number of alkyl halides is 3. The first-order valence-electron chi connectivity index (χ1n) is 6.36. The van der Waals surface area contributed by atoms with Crippen LogP contribution in [-0.4, -0.2) is 17.9 Å². The van der Waals surface area contributed by atoms with Crippen LogP contribution in [0.5, 0.6) is 5.88 Å². The van der Waals surface area contributed by atoms with Crippen molar-refractivity contribution >= 4 is 5.84 Å². The minimum atomic E-state index is -4.34. The van der Waals surface area contributed by atoms with E-state index in [0.29, 0.717) is 17.0 Å². The maximum Gasteiger partial charge on any atom is 0.416 e. The van der Waals surface area contributed by atoms with Gasteiger partial charge < -0.3 is 10.5 Å². The zero-order valence-corrected chi connectivity index (χ0v) is 11.8. The number of nitrogens with zero attached hydrogens (tertiary/aromatic N) is 2. The fraction of sp³-hybridized carbons (Fsp3) is 0.200. The van der Waals surface area contributed by atoms with Crippen molar-refractivity contribution in [3.63, 3.8) is 0 Å². The van der Waals surface area contributed by atoms with Gasteiger partial charge in [0.05, 0.1) is 19.2 Å². The summed E-state index contributed by atoms with van der Waals surface area (Å²) in [6.45, 7) is 0.190. The smallest absolute Gasteiger partial charge is 0.416 e. The van der Waals surface area contributed by atoms with Gasteiger partial charge in [-0.2, -0.15) is 13.2 Å². The minimum absolute atomic E-state index is 0.190. The molecule has 0 atom stereocenters. The lowest BCUT2D eigenvalue weighted by Crippen LogP contribution is -2.14. The zero-order chi connectivity index (χ0) is 16.2. The fourth-order valence-corrected chi connectivity index (χ4v) is 1.72. The van der Waals surface area contributed by atoms with E-state index in [2.05, 4.69) is 9.98 Å². The Labute approximate surface area is 125 Å². The van der Waals surface area contributed by atoms with E-state index in [9.17, 15) is 13.2 Å². The number of pyridine rings is 1. The van der Waals surface area contributed by atoms with E-state index in [1.54, 1.807) is 12.1 Å². The molecule has 22 heavy (non-hydrogen) atoms. The van der Waals surface area contributed by atoms with Gasteiger partial charge >= 0.3 is 6.18 Å². The molecule has 0 unspecified atom stereocenters. The summed E-state index contributed by atoms with van der Waals surface area (Å²) in [6.07, 6.45) is -2.82. The second kappa shape index (κ2) is 6.46. The van der Waals surface area contributed by atoms with Gasteiger partial charge in [0, 0.05) is 17.8 Å². The highest BCUT2D eigenvalue weighted by atomic mass is 19.4. The molecule has 0 saturated carbocycles. The van der Waals surface area contributed by atoms with Crippen molar-refractivity contribution in [2.75, 3.05) is 7.11 Å². The Balaban J connectivity index is 2.06. The zero-order valence-electron chi connectivity index (χ0n) is 11.8. The molecule has 0 bridgehead atoms. The number of rotatable bonds is 4. The molecule has 1 aromatic heterocycles. The molecule has 2 rings (SSSR count). The third-order valence-corrected chi connectivity index (χ3v) is 2.95. The molecule has 0 aliphatic heterocycles. The molecule has 0 fully saturated rings. The number of halogens is 3. The van der Waals surface area contributed by atoms with Gasteiger partial charge in [-0.15, -0.1) is 0 Å². The van der Waals surface area contributed by atoms with Gasteiger partial charge in [-0.1, -0.05) is 12.1 Å². The molecule has 2 aromatic rings. The van der Waals surface area contributed by atoms with Gasteiger partial charge in [-0.3, -0.25) is 4.99 Å². The monoisotopic (exact) mass is 309 g/mol. The Kier molecular flexibility index (Phi) is 4.65. The molecule has 1 aromatic carbocycles. The molecule has 116 valence electrons. The second-order valence-corrected chi connectivity index (χ2v) is 4.49. The molecular formula is C15H14F3N3O. The van der Waals surface area contributed by atoms with Crippen molar-refractivity contribution < 1.29 is 17.9 Å². The largest absolute Gasteiger partial charge is 0.481 e. The van der Waals surface area contributed by atoms with Crippen LogP contribution in [-0.2, 0) is 12.7 Å². The number of hydrogen-bond donors (Lipinski definition) is 1. The van der Waals surface area contributed by atoms with E-state index in [-0.39, 0.29) is 12.4 Å². The van der Waals surface area contributed by atoms with Crippen LogP contribution in [0.3, 0.4) is 0 Å². The maximum absolute atomic E-state index is 12.5. The van der Waals surface area contributed by atoms with E-state index >= 15 is 0 Å². The molecule has 4 nitrogen and oxygen atoms in total. The molecule has 0 saturated heterocycles. The first-order valence-corrected chi connectivity index (χ1v) is 6.36. The number of amidine groups is 1. The van der Waals surface area contributed by atoms with Crippen molar-refractivity contribution in [2.45, 2.75) is 12.7 Å². The molecule has 2 N–H and O–H groups in total. The van der Waals surface area contributed by atoms with E-state index in [1.807, 2.05) is 0 Å². The van der Waals surface area contributed by atoms with Crippen LogP contribution in [0.2, 0.25) is 0 Å². The van der Waals surface area contributed by atoms with Crippen molar-refractivity contribution in [2.24, 2.45) is 10.7 Å². The number of nitrogens with two attached hydrogens (primary N) is 1. The van der Waals surface area contributed by atoms with Crippen molar-refractivity contribution in [3.05, 3.63) is 59.3 Å². The molecule has 0 radical (unpaired) electrons. The molecule has 0 aliphatic rings. The van der Waals surface area contributed by atoms with E-state index in [4.69, 9.17) is 10.5 Å².